The van der Waals surface area contributed by atoms with Crippen molar-refractivity contribution < 1.29 is 14.3 Å². The standard InChI is InChI=1S/C16H28O3/c1-2-18-16(17)14-10-8-13(9-11-14)12-19-15-6-4-3-5-7-15/h13-15H,2-12H2,1H3. The van der Waals surface area contributed by atoms with E-state index in [9.17, 15) is 4.79 Å². The highest BCUT2D eigenvalue weighted by molar-refractivity contribution is 5.72. The van der Waals surface area contributed by atoms with Crippen LogP contribution in [0.3, 0.4) is 0 Å². The van der Waals surface area contributed by atoms with Gasteiger partial charge in [-0.25, -0.2) is 0 Å². The first-order valence-corrected chi connectivity index (χ1v) is 8.07. The molecule has 0 unspecified atom stereocenters. The molecular weight excluding hydrogens is 240 g/mol. The molecule has 0 bridgehead atoms. The van der Waals surface area contributed by atoms with Gasteiger partial charge in [0.05, 0.1) is 18.6 Å². The van der Waals surface area contributed by atoms with Crippen LogP contribution in [0.2, 0.25) is 0 Å². The minimum absolute atomic E-state index is 0.00847. The minimum atomic E-state index is 0.00847. The molecule has 2 saturated carbocycles. The summed E-state index contributed by atoms with van der Waals surface area (Å²) in [6.45, 7) is 3.28. The van der Waals surface area contributed by atoms with Crippen LogP contribution in [0.15, 0.2) is 0 Å². The lowest BCUT2D eigenvalue weighted by Gasteiger charge is -2.29. The predicted molar refractivity (Wildman–Crippen MR) is 74.9 cm³/mol. The molecule has 0 N–H and O–H groups in total. The number of esters is 1. The Kier molecular flexibility index (Phi) is 6.15. The molecule has 0 saturated heterocycles. The van der Waals surface area contributed by atoms with Crippen LogP contribution in [0.1, 0.15) is 64.7 Å². The number of rotatable bonds is 5. The fraction of sp³-hybridized carbons (Fsp3) is 0.938. The van der Waals surface area contributed by atoms with Gasteiger partial charge in [-0.1, -0.05) is 19.3 Å². The van der Waals surface area contributed by atoms with E-state index in [1.807, 2.05) is 6.92 Å². The van der Waals surface area contributed by atoms with Gasteiger partial charge in [0, 0.05) is 6.61 Å². The quantitative estimate of drug-likeness (QED) is 0.713. The van der Waals surface area contributed by atoms with Crippen LogP contribution in [0, 0.1) is 11.8 Å². The van der Waals surface area contributed by atoms with E-state index in [2.05, 4.69) is 0 Å². The Hall–Kier alpha value is -0.570. The Morgan fingerprint density at radius 1 is 1.00 bits per heavy atom. The maximum Gasteiger partial charge on any atom is 0.308 e. The van der Waals surface area contributed by atoms with E-state index in [1.165, 1.54) is 32.1 Å². The third kappa shape index (κ3) is 4.79. The van der Waals surface area contributed by atoms with E-state index < -0.39 is 0 Å². The third-order valence-electron chi connectivity index (χ3n) is 4.59. The fourth-order valence-electron chi connectivity index (χ4n) is 3.33. The van der Waals surface area contributed by atoms with Gasteiger partial charge in [0.15, 0.2) is 0 Å². The molecule has 0 heterocycles. The van der Waals surface area contributed by atoms with Gasteiger partial charge < -0.3 is 9.47 Å². The molecule has 0 aromatic heterocycles. The van der Waals surface area contributed by atoms with Gasteiger partial charge in [-0.15, -0.1) is 0 Å². The maximum atomic E-state index is 11.7. The van der Waals surface area contributed by atoms with Crippen molar-refractivity contribution >= 4 is 5.97 Å². The zero-order valence-corrected chi connectivity index (χ0v) is 12.2. The number of carbonyl (C=O) groups excluding carboxylic acids is 1. The number of hydrogen-bond donors (Lipinski definition) is 0. The zero-order chi connectivity index (χ0) is 13.5. The molecule has 0 radical (unpaired) electrons. The minimum Gasteiger partial charge on any atom is -0.466 e. The zero-order valence-electron chi connectivity index (χ0n) is 12.2. The summed E-state index contributed by atoms with van der Waals surface area (Å²) in [5.41, 5.74) is 0. The van der Waals surface area contributed by atoms with E-state index in [4.69, 9.17) is 9.47 Å². The predicted octanol–water partition coefficient (Wildman–Crippen LogP) is 3.71. The van der Waals surface area contributed by atoms with Gasteiger partial charge in [-0.05, 0) is 51.4 Å². The van der Waals surface area contributed by atoms with Crippen LogP contribution in [-0.4, -0.2) is 25.3 Å². The van der Waals surface area contributed by atoms with Crippen molar-refractivity contribution in [1.82, 2.24) is 0 Å². The largest absolute Gasteiger partial charge is 0.466 e. The second-order valence-electron chi connectivity index (χ2n) is 6.06. The van der Waals surface area contributed by atoms with Crippen LogP contribution in [-0.2, 0) is 14.3 Å². The first kappa shape index (κ1) is 14.8. The molecule has 2 rings (SSSR count). The van der Waals surface area contributed by atoms with E-state index in [0.717, 1.165) is 32.3 Å². The molecule has 110 valence electrons. The third-order valence-corrected chi connectivity index (χ3v) is 4.59. The van der Waals surface area contributed by atoms with Gasteiger partial charge in [0.1, 0.15) is 0 Å². The van der Waals surface area contributed by atoms with Crippen molar-refractivity contribution in [3.05, 3.63) is 0 Å². The highest BCUT2D eigenvalue weighted by Crippen LogP contribution is 2.31. The Labute approximate surface area is 117 Å². The molecule has 0 atom stereocenters. The van der Waals surface area contributed by atoms with Crippen molar-refractivity contribution in [3.63, 3.8) is 0 Å². The summed E-state index contributed by atoms with van der Waals surface area (Å²) in [7, 11) is 0. The smallest absolute Gasteiger partial charge is 0.308 e. The van der Waals surface area contributed by atoms with Crippen molar-refractivity contribution in [2.75, 3.05) is 13.2 Å². The Balaban J connectivity index is 1.61. The van der Waals surface area contributed by atoms with E-state index >= 15 is 0 Å². The fourth-order valence-corrected chi connectivity index (χ4v) is 3.33. The lowest BCUT2D eigenvalue weighted by Crippen LogP contribution is -2.27. The number of hydrogen-bond acceptors (Lipinski definition) is 3. The van der Waals surface area contributed by atoms with Crippen molar-refractivity contribution in [3.8, 4) is 0 Å². The number of ether oxygens (including phenoxy) is 2. The summed E-state index contributed by atoms with van der Waals surface area (Å²) in [4.78, 5) is 11.7. The van der Waals surface area contributed by atoms with Crippen molar-refractivity contribution in [2.24, 2.45) is 11.8 Å². The summed E-state index contributed by atoms with van der Waals surface area (Å²) in [5.74, 6) is 0.813. The van der Waals surface area contributed by atoms with E-state index in [1.54, 1.807) is 0 Å². The lowest BCUT2D eigenvalue weighted by molar-refractivity contribution is -0.149. The monoisotopic (exact) mass is 268 g/mol. The molecule has 2 aliphatic carbocycles. The highest BCUT2D eigenvalue weighted by atomic mass is 16.5. The van der Waals surface area contributed by atoms with E-state index in [0.29, 0.717) is 18.6 Å². The molecule has 3 heteroatoms. The topological polar surface area (TPSA) is 35.5 Å². The van der Waals surface area contributed by atoms with Gasteiger partial charge in [0.25, 0.3) is 0 Å². The Morgan fingerprint density at radius 3 is 2.32 bits per heavy atom. The van der Waals surface area contributed by atoms with Gasteiger partial charge in [0.2, 0.25) is 0 Å². The molecule has 2 aliphatic rings. The summed E-state index contributed by atoms with van der Waals surface area (Å²) in [6, 6.07) is 0. The van der Waals surface area contributed by atoms with Crippen LogP contribution >= 0.6 is 0 Å². The molecule has 0 aromatic carbocycles. The number of carbonyl (C=O) groups is 1. The van der Waals surface area contributed by atoms with Gasteiger partial charge >= 0.3 is 5.97 Å². The Bertz CT molecular complexity index is 263. The van der Waals surface area contributed by atoms with Crippen molar-refractivity contribution in [2.45, 2.75) is 70.8 Å². The SMILES string of the molecule is CCOC(=O)C1CCC(COC2CCCCC2)CC1. The molecule has 0 aromatic rings. The summed E-state index contributed by atoms with van der Waals surface area (Å²) < 4.78 is 11.2. The second-order valence-corrected chi connectivity index (χ2v) is 6.06. The van der Waals surface area contributed by atoms with Crippen LogP contribution < -0.4 is 0 Å². The maximum absolute atomic E-state index is 11.7. The summed E-state index contributed by atoms with van der Waals surface area (Å²) >= 11 is 0. The van der Waals surface area contributed by atoms with Crippen LogP contribution in [0.5, 0.6) is 0 Å². The summed E-state index contributed by atoms with van der Waals surface area (Å²) in [6.07, 6.45) is 11.3. The van der Waals surface area contributed by atoms with Crippen molar-refractivity contribution in [1.29, 1.82) is 0 Å². The average Bonchev–Trinajstić information content (AvgIpc) is 2.47. The molecule has 0 amide bonds. The molecule has 19 heavy (non-hydrogen) atoms. The lowest BCUT2D eigenvalue weighted by atomic mass is 9.82. The van der Waals surface area contributed by atoms with E-state index in [-0.39, 0.29) is 11.9 Å². The van der Waals surface area contributed by atoms with Gasteiger partial charge in [-0.3, -0.25) is 4.79 Å². The van der Waals surface area contributed by atoms with Gasteiger partial charge in [-0.2, -0.15) is 0 Å². The van der Waals surface area contributed by atoms with Crippen LogP contribution in [0.25, 0.3) is 0 Å². The first-order chi connectivity index (χ1) is 9.29. The highest BCUT2D eigenvalue weighted by Gasteiger charge is 2.27. The molecule has 0 spiro atoms. The van der Waals surface area contributed by atoms with Crippen LogP contribution in [0.4, 0.5) is 0 Å². The molecule has 0 aliphatic heterocycles. The normalized spacial score (nSPS) is 29.1. The first-order valence-electron chi connectivity index (χ1n) is 8.07. The molecule has 2 fully saturated rings. The molecular formula is C16H28O3. The molecule has 3 nitrogen and oxygen atoms in total. The Morgan fingerprint density at radius 2 is 1.68 bits per heavy atom. The average molecular weight is 268 g/mol. The summed E-state index contributed by atoms with van der Waals surface area (Å²) in [5, 5.41) is 0. The second kappa shape index (κ2) is 7.88.